The van der Waals surface area contributed by atoms with Crippen LogP contribution in [0, 0.1) is 5.92 Å². The number of hydrogen-bond donors (Lipinski definition) is 2. The second kappa shape index (κ2) is 4.39. The van der Waals surface area contributed by atoms with E-state index in [0.29, 0.717) is 12.5 Å². The molecule has 0 radical (unpaired) electrons. The van der Waals surface area contributed by atoms with Crippen LogP contribution in [0.15, 0.2) is 0 Å². The van der Waals surface area contributed by atoms with Crippen molar-refractivity contribution in [1.82, 2.24) is 4.72 Å². The predicted octanol–water partition coefficient (Wildman–Crippen LogP) is 0.586. The van der Waals surface area contributed by atoms with Gasteiger partial charge in [0.05, 0.1) is 5.25 Å². The predicted molar refractivity (Wildman–Crippen MR) is 59.9 cm³/mol. The maximum Gasteiger partial charge on any atom is 0.214 e. The van der Waals surface area contributed by atoms with E-state index in [4.69, 9.17) is 5.73 Å². The molecule has 15 heavy (non-hydrogen) atoms. The molecule has 5 heteroatoms. The lowest BCUT2D eigenvalue weighted by atomic mass is 9.99. The molecule has 2 aliphatic rings. The third kappa shape index (κ3) is 2.71. The minimum Gasteiger partial charge on any atom is -0.329 e. The molecular weight excluding hydrogens is 212 g/mol. The van der Waals surface area contributed by atoms with Crippen molar-refractivity contribution in [2.75, 3.05) is 6.54 Å². The van der Waals surface area contributed by atoms with Crippen molar-refractivity contribution in [3.8, 4) is 0 Å². The second-order valence-corrected chi connectivity index (χ2v) is 6.74. The van der Waals surface area contributed by atoms with E-state index in [9.17, 15) is 8.42 Å². The Kier molecular flexibility index (Phi) is 3.33. The van der Waals surface area contributed by atoms with Crippen LogP contribution in [0.5, 0.6) is 0 Å². The summed E-state index contributed by atoms with van der Waals surface area (Å²) in [6, 6.07) is -0.0295. The van der Waals surface area contributed by atoms with Gasteiger partial charge >= 0.3 is 0 Å². The zero-order valence-corrected chi connectivity index (χ0v) is 9.80. The largest absolute Gasteiger partial charge is 0.329 e. The summed E-state index contributed by atoms with van der Waals surface area (Å²) in [6.45, 7) is 0.427. The molecule has 2 fully saturated rings. The van der Waals surface area contributed by atoms with Gasteiger partial charge in [0.2, 0.25) is 10.0 Å². The molecule has 1 atom stereocenters. The SMILES string of the molecule is NCC(NS(=O)(=O)C1CC1)C1CCCC1. The fraction of sp³-hybridized carbons (Fsp3) is 1.00. The molecule has 0 aromatic heterocycles. The Morgan fingerprint density at radius 3 is 2.27 bits per heavy atom. The van der Waals surface area contributed by atoms with Crippen molar-refractivity contribution in [2.45, 2.75) is 49.8 Å². The van der Waals surface area contributed by atoms with Crippen LogP contribution in [0.3, 0.4) is 0 Å². The molecule has 1 unspecified atom stereocenters. The minimum absolute atomic E-state index is 0.0295. The minimum atomic E-state index is -3.07. The second-order valence-electron chi connectivity index (χ2n) is 4.75. The fourth-order valence-electron chi connectivity index (χ4n) is 2.38. The molecule has 0 spiro atoms. The Bertz CT molecular complexity index is 305. The molecule has 0 saturated heterocycles. The standard InChI is InChI=1S/C10H20N2O2S/c11-7-10(8-3-1-2-4-8)12-15(13,14)9-5-6-9/h8-10,12H,1-7,11H2. The first kappa shape index (κ1) is 11.4. The highest BCUT2D eigenvalue weighted by atomic mass is 32.2. The molecule has 0 aliphatic heterocycles. The van der Waals surface area contributed by atoms with Crippen LogP contribution in [-0.4, -0.2) is 26.3 Å². The molecule has 4 nitrogen and oxygen atoms in total. The average molecular weight is 232 g/mol. The molecule has 0 aromatic carbocycles. The molecule has 0 amide bonds. The summed E-state index contributed by atoms with van der Waals surface area (Å²) >= 11 is 0. The monoisotopic (exact) mass is 232 g/mol. The lowest BCUT2D eigenvalue weighted by Gasteiger charge is -2.22. The van der Waals surface area contributed by atoms with Crippen LogP contribution in [0.25, 0.3) is 0 Å². The number of nitrogens with one attached hydrogen (secondary N) is 1. The van der Waals surface area contributed by atoms with Crippen LogP contribution in [0.4, 0.5) is 0 Å². The van der Waals surface area contributed by atoms with Gasteiger partial charge < -0.3 is 5.73 Å². The van der Waals surface area contributed by atoms with Crippen molar-refractivity contribution in [3.05, 3.63) is 0 Å². The first-order chi connectivity index (χ1) is 7.13. The summed E-state index contributed by atoms with van der Waals surface area (Å²) in [6.07, 6.45) is 6.30. The third-order valence-corrected chi connectivity index (χ3v) is 5.48. The summed E-state index contributed by atoms with van der Waals surface area (Å²) in [5.74, 6) is 0.462. The van der Waals surface area contributed by atoms with Crippen molar-refractivity contribution >= 4 is 10.0 Å². The quantitative estimate of drug-likeness (QED) is 0.728. The highest BCUT2D eigenvalue weighted by molar-refractivity contribution is 7.90. The van der Waals surface area contributed by atoms with Gasteiger partial charge in [0, 0.05) is 12.6 Å². The van der Waals surface area contributed by atoms with Gasteiger partial charge in [0.25, 0.3) is 0 Å². The van der Waals surface area contributed by atoms with Gasteiger partial charge in [-0.2, -0.15) is 0 Å². The summed E-state index contributed by atoms with van der Waals surface area (Å²) in [7, 11) is -3.07. The number of nitrogens with two attached hydrogens (primary N) is 1. The van der Waals surface area contributed by atoms with Crippen molar-refractivity contribution < 1.29 is 8.42 Å². The van der Waals surface area contributed by atoms with Gasteiger partial charge in [-0.25, -0.2) is 13.1 Å². The van der Waals surface area contributed by atoms with Crippen molar-refractivity contribution in [1.29, 1.82) is 0 Å². The Labute approximate surface area is 91.7 Å². The van der Waals surface area contributed by atoms with Gasteiger partial charge in [-0.3, -0.25) is 0 Å². The van der Waals surface area contributed by atoms with Crippen LogP contribution in [-0.2, 0) is 10.0 Å². The molecule has 0 aromatic rings. The van der Waals surface area contributed by atoms with Gasteiger partial charge in [0.1, 0.15) is 0 Å². The highest BCUT2D eigenvalue weighted by Crippen LogP contribution is 2.31. The van der Waals surface area contributed by atoms with E-state index in [0.717, 1.165) is 25.7 Å². The first-order valence-corrected chi connectivity index (χ1v) is 7.39. The molecule has 0 heterocycles. The Balaban J connectivity index is 1.94. The van der Waals surface area contributed by atoms with Crippen LogP contribution in [0.2, 0.25) is 0 Å². The van der Waals surface area contributed by atoms with Crippen LogP contribution >= 0.6 is 0 Å². The van der Waals surface area contributed by atoms with E-state index in [1.807, 2.05) is 0 Å². The molecular formula is C10H20N2O2S. The Hall–Kier alpha value is -0.130. The van der Waals surface area contributed by atoms with E-state index < -0.39 is 10.0 Å². The van der Waals surface area contributed by atoms with E-state index in [2.05, 4.69) is 4.72 Å². The number of sulfonamides is 1. The third-order valence-electron chi connectivity index (χ3n) is 3.50. The molecule has 2 aliphatic carbocycles. The molecule has 0 bridgehead atoms. The number of rotatable bonds is 5. The molecule has 2 saturated carbocycles. The first-order valence-electron chi connectivity index (χ1n) is 5.84. The summed E-state index contributed by atoms with van der Waals surface area (Å²) in [5, 5.41) is -0.132. The van der Waals surface area contributed by atoms with Crippen molar-refractivity contribution in [3.63, 3.8) is 0 Å². The van der Waals surface area contributed by atoms with E-state index in [-0.39, 0.29) is 11.3 Å². The van der Waals surface area contributed by atoms with Gasteiger partial charge in [0.15, 0.2) is 0 Å². The smallest absolute Gasteiger partial charge is 0.214 e. The lowest BCUT2D eigenvalue weighted by molar-refractivity contribution is 0.405. The van der Waals surface area contributed by atoms with Gasteiger partial charge in [-0.05, 0) is 31.6 Å². The lowest BCUT2D eigenvalue weighted by Crippen LogP contribution is -2.45. The zero-order chi connectivity index (χ0) is 10.9. The topological polar surface area (TPSA) is 72.2 Å². The zero-order valence-electron chi connectivity index (χ0n) is 8.98. The average Bonchev–Trinajstić information content (AvgIpc) is 2.93. The Morgan fingerprint density at radius 1 is 1.20 bits per heavy atom. The van der Waals surface area contributed by atoms with E-state index >= 15 is 0 Å². The Morgan fingerprint density at radius 2 is 1.80 bits per heavy atom. The maximum atomic E-state index is 11.8. The van der Waals surface area contributed by atoms with E-state index in [1.165, 1.54) is 12.8 Å². The maximum absolute atomic E-state index is 11.8. The summed E-state index contributed by atoms with van der Waals surface area (Å²) in [4.78, 5) is 0. The summed E-state index contributed by atoms with van der Waals surface area (Å²) in [5.41, 5.74) is 5.65. The van der Waals surface area contributed by atoms with Crippen molar-refractivity contribution in [2.24, 2.45) is 11.7 Å². The van der Waals surface area contributed by atoms with Gasteiger partial charge in [-0.1, -0.05) is 12.8 Å². The summed E-state index contributed by atoms with van der Waals surface area (Å²) < 4.78 is 26.3. The van der Waals surface area contributed by atoms with Crippen LogP contribution < -0.4 is 10.5 Å². The molecule has 88 valence electrons. The molecule has 3 N–H and O–H groups in total. The highest BCUT2D eigenvalue weighted by Gasteiger charge is 2.38. The normalized spacial score (nSPS) is 25.7. The van der Waals surface area contributed by atoms with Crippen LogP contribution in [0.1, 0.15) is 38.5 Å². The number of hydrogen-bond acceptors (Lipinski definition) is 3. The fourth-order valence-corrected chi connectivity index (χ4v) is 4.04. The van der Waals surface area contributed by atoms with Gasteiger partial charge in [-0.15, -0.1) is 0 Å². The molecule has 2 rings (SSSR count). The van der Waals surface area contributed by atoms with E-state index in [1.54, 1.807) is 0 Å².